The first-order valence-electron chi connectivity index (χ1n) is 12.6. The molecule has 1 aliphatic heterocycles. The van der Waals surface area contributed by atoms with Gasteiger partial charge in [0.15, 0.2) is 0 Å². The van der Waals surface area contributed by atoms with Crippen molar-refractivity contribution in [2.45, 2.75) is 61.6 Å². The minimum atomic E-state index is -3.93. The summed E-state index contributed by atoms with van der Waals surface area (Å²) in [6.07, 6.45) is 4.54. The highest BCUT2D eigenvalue weighted by molar-refractivity contribution is 7.98. The van der Waals surface area contributed by atoms with Gasteiger partial charge in [-0.25, -0.2) is 8.42 Å². The van der Waals surface area contributed by atoms with Gasteiger partial charge in [0.25, 0.3) is 0 Å². The number of ether oxygens (including phenoxy) is 1. The Bertz CT molecular complexity index is 1310. The van der Waals surface area contributed by atoms with E-state index < -0.39 is 15.6 Å². The second-order valence-electron chi connectivity index (χ2n) is 9.67. The number of rotatable bonds is 9. The van der Waals surface area contributed by atoms with Crippen LogP contribution in [0.2, 0.25) is 0 Å². The molecule has 0 bridgehead atoms. The Morgan fingerprint density at radius 2 is 1.78 bits per heavy atom. The lowest BCUT2D eigenvalue weighted by atomic mass is 9.92. The monoisotopic (exact) mass is 540 g/mol. The molecule has 0 radical (unpaired) electrons. The Balaban J connectivity index is 1.96. The van der Waals surface area contributed by atoms with Crippen molar-refractivity contribution in [2.75, 3.05) is 24.8 Å². The number of benzene rings is 3. The van der Waals surface area contributed by atoms with Crippen molar-refractivity contribution in [1.82, 2.24) is 4.31 Å². The molecule has 4 rings (SSSR count). The third-order valence-corrected chi connectivity index (χ3v) is 9.97. The lowest BCUT2D eigenvalue weighted by Crippen LogP contribution is -2.53. The highest BCUT2D eigenvalue weighted by Gasteiger charge is 2.46. The van der Waals surface area contributed by atoms with Gasteiger partial charge < -0.3 is 14.7 Å². The van der Waals surface area contributed by atoms with Crippen LogP contribution in [0.5, 0.6) is 5.75 Å². The fourth-order valence-corrected chi connectivity index (χ4v) is 7.63. The summed E-state index contributed by atoms with van der Waals surface area (Å²) in [7, 11) is -2.31. The molecule has 0 fully saturated rings. The lowest BCUT2D eigenvalue weighted by molar-refractivity contribution is 0.191. The van der Waals surface area contributed by atoms with Gasteiger partial charge in [0.2, 0.25) is 10.0 Å². The van der Waals surface area contributed by atoms with Crippen LogP contribution in [-0.4, -0.2) is 43.3 Å². The zero-order valence-corrected chi connectivity index (χ0v) is 23.6. The van der Waals surface area contributed by atoms with Gasteiger partial charge in [-0.2, -0.15) is 4.31 Å². The van der Waals surface area contributed by atoms with Crippen molar-refractivity contribution in [1.29, 1.82) is 0 Å². The van der Waals surface area contributed by atoms with Crippen LogP contribution in [0, 0.1) is 0 Å². The average molecular weight is 541 g/mol. The smallest absolute Gasteiger partial charge is 0.246 e. The fraction of sp³-hybridized carbons (Fsp3) is 0.379. The van der Waals surface area contributed by atoms with Gasteiger partial charge in [-0.1, -0.05) is 50.1 Å². The Labute approximate surface area is 225 Å². The second-order valence-corrected chi connectivity index (χ2v) is 12.4. The number of fused-ring (bicyclic) bond motifs is 1. The number of hydrogen-bond donors (Lipinski definition) is 1. The van der Waals surface area contributed by atoms with Gasteiger partial charge in [0.1, 0.15) is 10.6 Å². The maximum Gasteiger partial charge on any atom is 0.246 e. The molecule has 3 aromatic carbocycles. The predicted octanol–water partition coefficient (Wildman–Crippen LogP) is 6.20. The van der Waals surface area contributed by atoms with E-state index in [2.05, 4.69) is 18.7 Å². The van der Waals surface area contributed by atoms with E-state index in [-0.39, 0.29) is 18.0 Å². The summed E-state index contributed by atoms with van der Waals surface area (Å²) < 4.78 is 36.1. The Kier molecular flexibility index (Phi) is 8.53. The topological polar surface area (TPSA) is 70.1 Å². The van der Waals surface area contributed by atoms with E-state index in [1.807, 2.05) is 66.9 Å². The number of hydrogen-bond acceptors (Lipinski definition) is 6. The molecule has 37 heavy (non-hydrogen) atoms. The SMILES string of the molecule is CCCCC1(C)CN(c2ccccc2)c2cc(SC)c(CO)cc2S(=O)(=O)N1Cc1ccc(OC)cc1. The summed E-state index contributed by atoms with van der Waals surface area (Å²) in [6.45, 7) is 4.72. The number of unbranched alkanes of at least 4 members (excludes halogenated alkanes) is 1. The normalized spacial score (nSPS) is 19.3. The summed E-state index contributed by atoms with van der Waals surface area (Å²) in [5.41, 5.74) is 2.42. The van der Waals surface area contributed by atoms with Crippen LogP contribution in [0.15, 0.2) is 76.5 Å². The highest BCUT2D eigenvalue weighted by atomic mass is 32.2. The predicted molar refractivity (Wildman–Crippen MR) is 151 cm³/mol. The van der Waals surface area contributed by atoms with Crippen LogP contribution in [0.1, 0.15) is 44.2 Å². The van der Waals surface area contributed by atoms with Crippen LogP contribution in [-0.2, 0) is 23.2 Å². The van der Waals surface area contributed by atoms with E-state index in [1.54, 1.807) is 17.5 Å². The first kappa shape index (κ1) is 27.5. The van der Waals surface area contributed by atoms with E-state index in [1.165, 1.54) is 11.8 Å². The fourth-order valence-electron chi connectivity index (χ4n) is 5.01. The van der Waals surface area contributed by atoms with E-state index >= 15 is 0 Å². The lowest BCUT2D eigenvalue weighted by Gasteiger charge is -2.41. The third-order valence-electron chi connectivity index (χ3n) is 7.11. The maximum atomic E-state index is 14.6. The standard InChI is InChI=1S/C29H36N2O4S2/c1-5-6-16-29(2)21-30(24-10-8-7-9-11-24)26-18-27(36-4)23(20-32)17-28(26)37(33,34)31(29)19-22-12-14-25(35-3)15-13-22/h7-15,17-18,32H,5-6,16,19-21H2,1-4H3. The van der Waals surface area contributed by atoms with Crippen LogP contribution in [0.3, 0.4) is 0 Å². The molecule has 0 saturated carbocycles. The molecule has 0 aliphatic carbocycles. The van der Waals surface area contributed by atoms with Crippen molar-refractivity contribution < 1.29 is 18.3 Å². The Morgan fingerprint density at radius 1 is 1.08 bits per heavy atom. The Hall–Kier alpha value is -2.52. The molecule has 1 atom stereocenters. The van der Waals surface area contributed by atoms with Crippen molar-refractivity contribution in [3.8, 4) is 5.75 Å². The molecule has 8 heteroatoms. The highest BCUT2D eigenvalue weighted by Crippen LogP contribution is 2.45. The molecule has 0 saturated heterocycles. The van der Waals surface area contributed by atoms with Crippen molar-refractivity contribution >= 4 is 33.2 Å². The molecular weight excluding hydrogens is 504 g/mol. The van der Waals surface area contributed by atoms with Crippen molar-refractivity contribution in [3.63, 3.8) is 0 Å². The van der Waals surface area contributed by atoms with E-state index in [0.717, 1.165) is 41.2 Å². The molecule has 1 unspecified atom stereocenters. The first-order chi connectivity index (χ1) is 17.8. The van der Waals surface area contributed by atoms with Crippen LogP contribution in [0.4, 0.5) is 11.4 Å². The van der Waals surface area contributed by atoms with Crippen molar-refractivity contribution in [2.24, 2.45) is 0 Å². The van der Waals surface area contributed by atoms with Gasteiger partial charge in [-0.3, -0.25) is 0 Å². The molecule has 0 spiro atoms. The molecular formula is C29H36N2O4S2. The van der Waals surface area contributed by atoms with Crippen molar-refractivity contribution in [3.05, 3.63) is 77.9 Å². The Morgan fingerprint density at radius 3 is 2.38 bits per heavy atom. The average Bonchev–Trinajstić information content (AvgIpc) is 2.99. The number of anilines is 2. The number of sulfonamides is 1. The number of methoxy groups -OCH3 is 1. The number of aliphatic hydroxyl groups excluding tert-OH is 1. The minimum Gasteiger partial charge on any atom is -0.497 e. The molecule has 0 aromatic heterocycles. The maximum absolute atomic E-state index is 14.6. The van der Waals surface area contributed by atoms with E-state index in [0.29, 0.717) is 17.8 Å². The zero-order valence-electron chi connectivity index (χ0n) is 22.0. The minimum absolute atomic E-state index is 0.226. The molecule has 3 aromatic rings. The quantitative estimate of drug-likeness (QED) is 0.326. The number of para-hydroxylation sites is 1. The summed E-state index contributed by atoms with van der Waals surface area (Å²) in [5.74, 6) is 0.731. The largest absolute Gasteiger partial charge is 0.497 e. The van der Waals surface area contributed by atoms with Gasteiger partial charge in [-0.15, -0.1) is 11.8 Å². The number of aliphatic hydroxyl groups is 1. The number of nitrogens with zero attached hydrogens (tertiary/aromatic N) is 2. The molecule has 1 N–H and O–H groups in total. The number of thioether (sulfide) groups is 1. The molecule has 198 valence electrons. The van der Waals surface area contributed by atoms with Gasteiger partial charge in [-0.05, 0) is 67.1 Å². The van der Waals surface area contributed by atoms with Gasteiger partial charge >= 0.3 is 0 Å². The molecule has 6 nitrogen and oxygen atoms in total. The summed E-state index contributed by atoms with van der Waals surface area (Å²) in [5, 5.41) is 10.1. The van der Waals surface area contributed by atoms with Crippen LogP contribution in [0.25, 0.3) is 0 Å². The van der Waals surface area contributed by atoms with Gasteiger partial charge in [0, 0.05) is 23.7 Å². The van der Waals surface area contributed by atoms with Crippen LogP contribution >= 0.6 is 11.8 Å². The third kappa shape index (κ3) is 5.53. The molecule has 0 amide bonds. The second kappa shape index (κ2) is 11.5. The van der Waals surface area contributed by atoms with E-state index in [4.69, 9.17) is 4.74 Å². The summed E-state index contributed by atoms with van der Waals surface area (Å²) >= 11 is 1.51. The molecule has 1 aliphatic rings. The zero-order chi connectivity index (χ0) is 26.6. The van der Waals surface area contributed by atoms with E-state index in [9.17, 15) is 13.5 Å². The summed E-state index contributed by atoms with van der Waals surface area (Å²) in [6, 6.07) is 21.1. The first-order valence-corrected chi connectivity index (χ1v) is 15.2. The summed E-state index contributed by atoms with van der Waals surface area (Å²) in [4.78, 5) is 3.24. The van der Waals surface area contributed by atoms with Crippen LogP contribution < -0.4 is 9.64 Å². The molecule has 1 heterocycles. The van der Waals surface area contributed by atoms with Gasteiger partial charge in [0.05, 0.1) is 24.9 Å².